The average molecular weight is 234 g/mol. The van der Waals surface area contributed by atoms with Crippen molar-refractivity contribution in [1.82, 2.24) is 5.16 Å². The third-order valence-corrected chi connectivity index (χ3v) is 2.00. The number of hydrogen-bond acceptors (Lipinski definition) is 4. The summed E-state index contributed by atoms with van der Waals surface area (Å²) in [6.07, 6.45) is 1.11. The number of carbonyl (C=O) groups excluding carboxylic acids is 1. The van der Waals surface area contributed by atoms with E-state index in [1.807, 2.05) is 20.8 Å². The molecule has 2 aromatic rings. The predicted octanol–water partition coefficient (Wildman–Crippen LogP) is 3.17. The highest BCUT2D eigenvalue weighted by atomic mass is 16.6. The van der Waals surface area contributed by atoms with Crippen LogP contribution in [0, 0.1) is 0 Å². The van der Waals surface area contributed by atoms with Crippen molar-refractivity contribution in [2.24, 2.45) is 0 Å². The molecule has 2 rings (SSSR count). The van der Waals surface area contributed by atoms with Gasteiger partial charge in [-0.1, -0.05) is 5.16 Å². The number of hydrogen-bond donors (Lipinski definition) is 1. The molecule has 1 aromatic heterocycles. The molecular formula is C12H14N2O3. The van der Waals surface area contributed by atoms with Gasteiger partial charge >= 0.3 is 6.09 Å². The standard InChI is InChI=1S/C12H14N2O3/c1-12(2,3)16-11(15)14-9-4-5-10-8(6-9)7-13-17-10/h4-7H,1-3H3,(H,14,15). The number of carbonyl (C=O) groups is 1. The monoisotopic (exact) mass is 234 g/mol. The van der Waals surface area contributed by atoms with Gasteiger partial charge in [0.05, 0.1) is 6.20 Å². The summed E-state index contributed by atoms with van der Waals surface area (Å²) in [7, 11) is 0. The van der Waals surface area contributed by atoms with Crippen molar-refractivity contribution in [2.45, 2.75) is 26.4 Å². The molecule has 0 aliphatic heterocycles. The summed E-state index contributed by atoms with van der Waals surface area (Å²) in [6.45, 7) is 5.45. The maximum atomic E-state index is 11.5. The van der Waals surface area contributed by atoms with E-state index in [2.05, 4.69) is 10.5 Å². The first kappa shape index (κ1) is 11.4. The molecule has 0 bridgehead atoms. The van der Waals surface area contributed by atoms with Crippen LogP contribution in [0.2, 0.25) is 0 Å². The molecule has 5 nitrogen and oxygen atoms in total. The number of benzene rings is 1. The van der Waals surface area contributed by atoms with Crippen molar-refractivity contribution >= 4 is 22.7 Å². The third kappa shape index (κ3) is 2.96. The van der Waals surface area contributed by atoms with Gasteiger partial charge in [-0.05, 0) is 39.0 Å². The van der Waals surface area contributed by atoms with Crippen molar-refractivity contribution in [3.8, 4) is 0 Å². The lowest BCUT2D eigenvalue weighted by Crippen LogP contribution is -2.27. The molecule has 0 saturated heterocycles. The number of aromatic nitrogens is 1. The van der Waals surface area contributed by atoms with Gasteiger partial charge in [-0.15, -0.1) is 0 Å². The maximum absolute atomic E-state index is 11.5. The molecule has 5 heteroatoms. The van der Waals surface area contributed by atoms with Gasteiger partial charge in [0, 0.05) is 11.1 Å². The number of amides is 1. The molecule has 0 radical (unpaired) electrons. The van der Waals surface area contributed by atoms with E-state index < -0.39 is 11.7 Å². The fourth-order valence-corrected chi connectivity index (χ4v) is 1.37. The van der Waals surface area contributed by atoms with Crippen molar-refractivity contribution in [3.63, 3.8) is 0 Å². The zero-order chi connectivity index (χ0) is 12.5. The number of ether oxygens (including phenoxy) is 1. The minimum absolute atomic E-state index is 0.478. The Morgan fingerprint density at radius 3 is 2.88 bits per heavy atom. The van der Waals surface area contributed by atoms with E-state index in [4.69, 9.17) is 9.26 Å². The van der Waals surface area contributed by atoms with Crippen molar-refractivity contribution in [3.05, 3.63) is 24.4 Å². The summed E-state index contributed by atoms with van der Waals surface area (Å²) in [5, 5.41) is 7.14. The van der Waals surface area contributed by atoms with E-state index in [0.717, 1.165) is 5.39 Å². The fourth-order valence-electron chi connectivity index (χ4n) is 1.37. The molecule has 17 heavy (non-hydrogen) atoms. The van der Waals surface area contributed by atoms with Crippen LogP contribution in [0.15, 0.2) is 28.9 Å². The molecule has 0 saturated carbocycles. The van der Waals surface area contributed by atoms with Gasteiger partial charge in [-0.2, -0.15) is 0 Å². The van der Waals surface area contributed by atoms with Gasteiger partial charge in [0.1, 0.15) is 5.60 Å². The highest BCUT2D eigenvalue weighted by molar-refractivity contribution is 5.89. The van der Waals surface area contributed by atoms with Crippen LogP contribution in [0.25, 0.3) is 11.0 Å². The molecule has 0 aliphatic carbocycles. The lowest BCUT2D eigenvalue weighted by atomic mass is 10.2. The highest BCUT2D eigenvalue weighted by Crippen LogP contribution is 2.19. The summed E-state index contributed by atoms with van der Waals surface area (Å²) in [6, 6.07) is 5.25. The van der Waals surface area contributed by atoms with Gasteiger partial charge < -0.3 is 9.26 Å². The summed E-state index contributed by atoms with van der Waals surface area (Å²) in [5.41, 5.74) is 0.820. The van der Waals surface area contributed by atoms with Crippen LogP contribution in [0.4, 0.5) is 10.5 Å². The first-order chi connectivity index (χ1) is 7.94. The Morgan fingerprint density at radius 2 is 2.18 bits per heavy atom. The quantitative estimate of drug-likeness (QED) is 0.823. The maximum Gasteiger partial charge on any atom is 0.412 e. The van der Waals surface area contributed by atoms with Crippen LogP contribution in [0.1, 0.15) is 20.8 Å². The predicted molar refractivity (Wildman–Crippen MR) is 63.9 cm³/mol. The third-order valence-electron chi connectivity index (χ3n) is 2.00. The SMILES string of the molecule is CC(C)(C)OC(=O)Nc1ccc2oncc2c1. The van der Waals surface area contributed by atoms with Gasteiger partial charge in [-0.3, -0.25) is 5.32 Å². The molecule has 1 amide bonds. The minimum Gasteiger partial charge on any atom is -0.444 e. The summed E-state index contributed by atoms with van der Waals surface area (Å²) in [4.78, 5) is 11.5. The van der Waals surface area contributed by atoms with Crippen LogP contribution in [0.5, 0.6) is 0 Å². The molecule has 0 fully saturated rings. The molecule has 0 spiro atoms. The number of rotatable bonds is 1. The topological polar surface area (TPSA) is 64.4 Å². The number of nitrogens with one attached hydrogen (secondary N) is 1. The Balaban J connectivity index is 2.10. The second kappa shape index (κ2) is 4.08. The Kier molecular flexibility index (Phi) is 2.75. The van der Waals surface area contributed by atoms with E-state index in [1.165, 1.54) is 0 Å². The number of anilines is 1. The minimum atomic E-state index is -0.509. The Morgan fingerprint density at radius 1 is 1.41 bits per heavy atom. The smallest absolute Gasteiger partial charge is 0.412 e. The molecule has 1 aromatic carbocycles. The lowest BCUT2D eigenvalue weighted by molar-refractivity contribution is 0.0636. The summed E-state index contributed by atoms with van der Waals surface area (Å²) in [5.74, 6) is 0. The Bertz CT molecular complexity index is 540. The van der Waals surface area contributed by atoms with Crippen molar-refractivity contribution in [1.29, 1.82) is 0 Å². The van der Waals surface area contributed by atoms with E-state index in [-0.39, 0.29) is 0 Å². The molecule has 0 aliphatic rings. The first-order valence-corrected chi connectivity index (χ1v) is 5.28. The van der Waals surface area contributed by atoms with Crippen LogP contribution < -0.4 is 5.32 Å². The molecule has 0 atom stereocenters. The zero-order valence-corrected chi connectivity index (χ0v) is 9.98. The highest BCUT2D eigenvalue weighted by Gasteiger charge is 2.16. The van der Waals surface area contributed by atoms with Gasteiger partial charge in [0.15, 0.2) is 5.58 Å². The van der Waals surface area contributed by atoms with E-state index in [9.17, 15) is 4.79 Å². The lowest BCUT2D eigenvalue weighted by Gasteiger charge is -2.19. The molecule has 1 heterocycles. The first-order valence-electron chi connectivity index (χ1n) is 5.28. The largest absolute Gasteiger partial charge is 0.444 e. The van der Waals surface area contributed by atoms with Crippen LogP contribution in [-0.4, -0.2) is 16.9 Å². The van der Waals surface area contributed by atoms with Gasteiger partial charge in [0.2, 0.25) is 0 Å². The van der Waals surface area contributed by atoms with Crippen LogP contribution in [-0.2, 0) is 4.74 Å². The molecule has 1 N–H and O–H groups in total. The van der Waals surface area contributed by atoms with Crippen LogP contribution in [0.3, 0.4) is 0 Å². The van der Waals surface area contributed by atoms with Crippen molar-refractivity contribution in [2.75, 3.05) is 5.32 Å². The average Bonchev–Trinajstić information content (AvgIpc) is 2.61. The second-order valence-corrected chi connectivity index (χ2v) is 4.71. The molecular weight excluding hydrogens is 220 g/mol. The van der Waals surface area contributed by atoms with E-state index in [1.54, 1.807) is 24.4 Å². The van der Waals surface area contributed by atoms with Gasteiger partial charge in [0.25, 0.3) is 0 Å². The number of fused-ring (bicyclic) bond motifs is 1. The van der Waals surface area contributed by atoms with Gasteiger partial charge in [-0.25, -0.2) is 4.79 Å². The molecule has 90 valence electrons. The zero-order valence-electron chi connectivity index (χ0n) is 9.98. The molecule has 0 unspecified atom stereocenters. The normalized spacial score (nSPS) is 11.5. The van der Waals surface area contributed by atoms with E-state index in [0.29, 0.717) is 11.3 Å². The summed E-state index contributed by atoms with van der Waals surface area (Å²) < 4.78 is 10.1. The Labute approximate surface area is 98.7 Å². The van der Waals surface area contributed by atoms with E-state index >= 15 is 0 Å². The fraction of sp³-hybridized carbons (Fsp3) is 0.333. The van der Waals surface area contributed by atoms with Crippen LogP contribution >= 0.6 is 0 Å². The van der Waals surface area contributed by atoms with Crippen molar-refractivity contribution < 1.29 is 14.1 Å². The Hall–Kier alpha value is -2.04. The summed E-state index contributed by atoms with van der Waals surface area (Å²) >= 11 is 0. The number of nitrogens with zero attached hydrogens (tertiary/aromatic N) is 1. The second-order valence-electron chi connectivity index (χ2n) is 4.71.